The summed E-state index contributed by atoms with van der Waals surface area (Å²) in [5.41, 5.74) is 6.13. The number of para-hydroxylation sites is 1. The van der Waals surface area contributed by atoms with Crippen molar-refractivity contribution in [2.24, 2.45) is 0 Å². The van der Waals surface area contributed by atoms with Crippen LogP contribution in [0.3, 0.4) is 0 Å². The normalized spacial score (nSPS) is 12.6. The van der Waals surface area contributed by atoms with Crippen molar-refractivity contribution >= 4 is 42.7 Å². The van der Waals surface area contributed by atoms with E-state index >= 15 is 0 Å². The number of furan rings is 1. The first kappa shape index (κ1) is 20.1. The molecule has 0 spiro atoms. The van der Waals surface area contributed by atoms with Gasteiger partial charge in [-0.05, 0) is 76.4 Å². The number of hydrogen-bond donors (Lipinski definition) is 0. The zero-order chi connectivity index (χ0) is 22.6. The molecular weight excluding hydrogens is 422 g/mol. The zero-order valence-corrected chi connectivity index (χ0v) is 19.8. The molecule has 6 rings (SSSR count). The van der Waals surface area contributed by atoms with Crippen molar-refractivity contribution in [3.8, 4) is 22.4 Å². The molecule has 162 valence electrons. The Kier molecular flexibility index (Phi) is 4.56. The molecule has 0 aliphatic rings. The third-order valence-corrected chi connectivity index (χ3v) is 7.93. The van der Waals surface area contributed by atoms with Crippen LogP contribution in [0.4, 0.5) is 0 Å². The molecule has 0 aliphatic heterocycles. The maximum absolute atomic E-state index is 6.67. The van der Waals surface area contributed by atoms with Gasteiger partial charge < -0.3 is 4.42 Å². The van der Waals surface area contributed by atoms with Crippen LogP contribution in [-0.4, -0.2) is 23.8 Å². The smallest absolute Gasteiger partial charge is 0.144 e. The fraction of sp³-hybridized carbons (Fsp3) is 0.100. The molecule has 2 aromatic heterocycles. The number of nitrogens with zero attached hydrogens (tertiary/aromatic N) is 1. The summed E-state index contributed by atoms with van der Waals surface area (Å²) >= 11 is 0. The van der Waals surface area contributed by atoms with Gasteiger partial charge in [0.1, 0.15) is 11.2 Å². The maximum atomic E-state index is 6.67. The lowest BCUT2D eigenvalue weighted by molar-refractivity contribution is 0.670. The number of hydrogen-bond acceptors (Lipinski definition) is 2. The Morgan fingerprint density at radius 3 is 2.21 bits per heavy atom. The van der Waals surface area contributed by atoms with E-state index in [9.17, 15) is 0 Å². The SMILES string of the molecule is CS(C)(C)c1cc(-c2ccc3ccccc3c2)c2oc3c(-c4ccccn4)cccc3c2c1. The van der Waals surface area contributed by atoms with Crippen molar-refractivity contribution in [2.75, 3.05) is 18.8 Å². The lowest BCUT2D eigenvalue weighted by atomic mass is 9.99. The Morgan fingerprint density at radius 1 is 0.636 bits per heavy atom. The van der Waals surface area contributed by atoms with E-state index in [2.05, 4.69) is 96.5 Å². The van der Waals surface area contributed by atoms with Crippen molar-refractivity contribution in [2.45, 2.75) is 4.90 Å². The van der Waals surface area contributed by atoms with Crippen LogP contribution in [0.15, 0.2) is 107 Å². The van der Waals surface area contributed by atoms with Crippen LogP contribution < -0.4 is 0 Å². The summed E-state index contributed by atoms with van der Waals surface area (Å²) in [6.45, 7) is 0. The van der Waals surface area contributed by atoms with Crippen LogP contribution in [0.1, 0.15) is 0 Å². The van der Waals surface area contributed by atoms with E-state index in [0.29, 0.717) is 0 Å². The Hall–Kier alpha value is -3.56. The van der Waals surface area contributed by atoms with Gasteiger partial charge in [-0.1, -0.05) is 54.6 Å². The van der Waals surface area contributed by atoms with Crippen LogP contribution in [0, 0.1) is 0 Å². The highest BCUT2D eigenvalue weighted by Crippen LogP contribution is 2.50. The molecular formula is C30H25NOS. The molecule has 3 heteroatoms. The van der Waals surface area contributed by atoms with Gasteiger partial charge >= 0.3 is 0 Å². The molecule has 0 fully saturated rings. The number of fused-ring (bicyclic) bond motifs is 4. The third kappa shape index (κ3) is 3.40. The molecule has 0 saturated carbocycles. The average molecular weight is 448 g/mol. The van der Waals surface area contributed by atoms with Gasteiger partial charge in [-0.25, -0.2) is 10.0 Å². The number of benzene rings is 4. The fourth-order valence-corrected chi connectivity index (χ4v) is 5.46. The molecule has 4 aromatic carbocycles. The first-order valence-corrected chi connectivity index (χ1v) is 13.9. The zero-order valence-electron chi connectivity index (χ0n) is 19.0. The topological polar surface area (TPSA) is 26.0 Å². The number of pyridine rings is 1. The van der Waals surface area contributed by atoms with E-state index in [-0.39, 0.29) is 0 Å². The molecule has 0 unspecified atom stereocenters. The summed E-state index contributed by atoms with van der Waals surface area (Å²) in [6, 6.07) is 32.2. The second kappa shape index (κ2) is 7.50. The fourth-order valence-electron chi connectivity index (χ4n) is 4.52. The summed E-state index contributed by atoms with van der Waals surface area (Å²) in [5, 5.41) is 4.80. The molecule has 2 heterocycles. The first-order chi connectivity index (χ1) is 16.0. The van der Waals surface area contributed by atoms with Gasteiger partial charge in [-0.3, -0.25) is 4.98 Å². The van der Waals surface area contributed by atoms with Gasteiger partial charge in [0.15, 0.2) is 0 Å². The van der Waals surface area contributed by atoms with Crippen LogP contribution in [0.2, 0.25) is 0 Å². The summed E-state index contributed by atoms with van der Waals surface area (Å²) in [7, 11) is -0.930. The number of rotatable bonds is 3. The second-order valence-corrected chi connectivity index (χ2v) is 13.4. The molecule has 0 N–H and O–H groups in total. The Morgan fingerprint density at radius 2 is 1.42 bits per heavy atom. The van der Waals surface area contributed by atoms with Crippen molar-refractivity contribution < 1.29 is 4.42 Å². The lowest BCUT2D eigenvalue weighted by Crippen LogP contribution is -1.94. The lowest BCUT2D eigenvalue weighted by Gasteiger charge is -2.26. The largest absolute Gasteiger partial charge is 0.455 e. The van der Waals surface area contributed by atoms with Gasteiger partial charge in [0, 0.05) is 28.1 Å². The summed E-state index contributed by atoms with van der Waals surface area (Å²) in [5.74, 6) is 0. The summed E-state index contributed by atoms with van der Waals surface area (Å²) < 4.78 is 6.67. The molecule has 0 saturated heterocycles. The van der Waals surface area contributed by atoms with Crippen LogP contribution in [0.25, 0.3) is 55.1 Å². The van der Waals surface area contributed by atoms with E-state index in [1.54, 1.807) is 0 Å². The minimum absolute atomic E-state index is 0.897. The Bertz CT molecular complexity index is 1640. The monoisotopic (exact) mass is 447 g/mol. The van der Waals surface area contributed by atoms with E-state index in [1.165, 1.54) is 26.6 Å². The summed E-state index contributed by atoms with van der Waals surface area (Å²) in [4.78, 5) is 5.96. The van der Waals surface area contributed by atoms with E-state index in [1.807, 2.05) is 24.4 Å². The number of aromatic nitrogens is 1. The highest BCUT2D eigenvalue weighted by atomic mass is 32.3. The van der Waals surface area contributed by atoms with Gasteiger partial charge in [-0.2, -0.15) is 0 Å². The molecule has 0 amide bonds. The van der Waals surface area contributed by atoms with E-state index in [0.717, 1.165) is 33.4 Å². The second-order valence-electron chi connectivity index (χ2n) is 9.25. The predicted octanol–water partition coefficient (Wildman–Crippen LogP) is 8.52. The molecule has 0 radical (unpaired) electrons. The van der Waals surface area contributed by atoms with Crippen LogP contribution in [0.5, 0.6) is 0 Å². The summed E-state index contributed by atoms with van der Waals surface area (Å²) in [6.07, 6.45) is 8.87. The quantitative estimate of drug-likeness (QED) is 0.272. The van der Waals surface area contributed by atoms with Gasteiger partial charge in [0.05, 0.1) is 5.69 Å². The van der Waals surface area contributed by atoms with Crippen LogP contribution in [-0.2, 0) is 0 Å². The van der Waals surface area contributed by atoms with E-state index < -0.39 is 10.0 Å². The molecule has 33 heavy (non-hydrogen) atoms. The van der Waals surface area contributed by atoms with E-state index in [4.69, 9.17) is 4.42 Å². The van der Waals surface area contributed by atoms with Gasteiger partial charge in [0.25, 0.3) is 0 Å². The minimum atomic E-state index is -0.930. The molecule has 0 atom stereocenters. The van der Waals surface area contributed by atoms with Crippen molar-refractivity contribution in [1.82, 2.24) is 4.98 Å². The highest BCUT2D eigenvalue weighted by molar-refractivity contribution is 8.32. The Balaban J connectivity index is 1.70. The first-order valence-electron chi connectivity index (χ1n) is 11.1. The third-order valence-electron chi connectivity index (χ3n) is 6.28. The van der Waals surface area contributed by atoms with Gasteiger partial charge in [0.2, 0.25) is 0 Å². The average Bonchev–Trinajstić information content (AvgIpc) is 3.22. The predicted molar refractivity (Wildman–Crippen MR) is 144 cm³/mol. The Labute approximate surface area is 195 Å². The van der Waals surface area contributed by atoms with Crippen molar-refractivity contribution in [3.63, 3.8) is 0 Å². The maximum Gasteiger partial charge on any atom is 0.144 e. The molecule has 2 nitrogen and oxygen atoms in total. The van der Waals surface area contributed by atoms with Crippen molar-refractivity contribution in [3.05, 3.63) is 97.2 Å². The highest BCUT2D eigenvalue weighted by Gasteiger charge is 2.20. The molecule has 6 aromatic rings. The van der Waals surface area contributed by atoms with Crippen LogP contribution >= 0.6 is 10.0 Å². The van der Waals surface area contributed by atoms with Crippen molar-refractivity contribution in [1.29, 1.82) is 0 Å². The molecule has 0 aliphatic carbocycles. The molecule has 0 bridgehead atoms. The standard InChI is InChI=1S/C30H25NOS/c1-33(2,3)23-18-26(22-15-14-20-9-4-5-10-21(20)17-22)30-27(19-23)24-11-8-12-25(29(24)32-30)28-13-6-7-16-31-28/h4-19H,1-3H3. The van der Waals surface area contributed by atoms with Gasteiger partial charge in [-0.15, -0.1) is 0 Å². The minimum Gasteiger partial charge on any atom is -0.455 e.